The molecule has 9 aromatic rings. The summed E-state index contributed by atoms with van der Waals surface area (Å²) in [7, 11) is 0. The smallest absolute Gasteiger partial charge is 0.0279 e. The van der Waals surface area contributed by atoms with Crippen molar-refractivity contribution in [2.45, 2.75) is 214 Å². The zero-order valence-corrected chi connectivity index (χ0v) is 79.5. The zero-order chi connectivity index (χ0) is 83.7. The molecule has 0 nitrogen and oxygen atoms in total. The van der Waals surface area contributed by atoms with Gasteiger partial charge in [-0.05, 0) is 335 Å². The van der Waals surface area contributed by atoms with E-state index in [4.69, 9.17) is 0 Å². The molecule has 0 radical (unpaired) electrons. The molecule has 6 fully saturated rings. The van der Waals surface area contributed by atoms with Crippen LogP contribution in [-0.4, -0.2) is 0 Å². The van der Waals surface area contributed by atoms with E-state index in [1.54, 1.807) is 0 Å². The number of hydrogen-bond acceptors (Lipinski definition) is 3. The standard InChI is InChI=1S/C34H32S.C31H26S.C30H24S.C9H18.C6H12.C5H10.3Fe/c1-23-22-31(11-10-30-14-19-33(35)20-15-30)13-18-32(23)17-12-28-6-8-29(9-7-28)16-21-34-26(4)24(2)25(3)27(34)5;1-23-3-4-28(21-23)11-9-25-5-7-26(8-6-25)13-17-30-18-14-29(22-24(30)2)12-10-27-15-19-31(32)20-16-27;1-23-22-28(13-12-27-16-20-30(31)21-17-27)15-19-29(23)18-14-26-10-8-25(9-11-26)7-6-24-4-2-3-5-24;1-6-5-7(2)9(4)8(6)3;1-6-4-2-3-5-6;1-2-4-5-3-1;;;/h6-9,13-15,18-20,22,24-27,34-35H,1-5H3;5-8,14-16,18-20,22-23,28,32H,3-4,21H2,1-2H3;8-11,15-17,19-22,24,31H,2-5H2,1H3;6-9H,5H2,1-4H3;6H,2-5H2,1H3;1-5H2;;;. The Hall–Kier alpha value is -8.37. The molecule has 0 N–H and O–H groups in total. The van der Waals surface area contributed by atoms with Crippen LogP contribution in [0.3, 0.4) is 0 Å². The molecule has 0 saturated heterocycles. The number of benzene rings is 9. The van der Waals surface area contributed by atoms with Crippen molar-refractivity contribution < 1.29 is 51.2 Å². The minimum atomic E-state index is 0. The van der Waals surface area contributed by atoms with E-state index in [-0.39, 0.29) is 51.2 Å². The molecule has 6 aliphatic rings. The predicted molar refractivity (Wildman–Crippen MR) is 511 cm³/mol. The molecule has 0 aliphatic heterocycles. The van der Waals surface area contributed by atoms with Gasteiger partial charge in [-0.1, -0.05) is 246 Å². The van der Waals surface area contributed by atoms with Gasteiger partial charge >= 0.3 is 0 Å². The Morgan fingerprint density at radius 1 is 0.223 bits per heavy atom. The molecule has 121 heavy (non-hydrogen) atoms. The van der Waals surface area contributed by atoms with Crippen molar-refractivity contribution in [2.75, 3.05) is 0 Å². The SMILES string of the molecule is C1CCCC1.CC1CC(C)C(C)C1C.CC1CCCC1.Cc1cc(C#Cc2ccc(S)cc2)ccc1C#Cc1ccc(C#CC2C(C)C(C)C(C)C2C)cc1.Cc1cc(C#Cc2ccc(S)cc2)ccc1C#Cc1ccc(C#CC2CCC(C)C2)cc1.Cc1cc(C#Cc2ccc(S)cc2)ccc1C#Cc1ccc(C#CC2CCCC2)cc1.[Fe].[Fe].[Fe]. The third-order valence-electron chi connectivity index (χ3n) is 25.2. The molecule has 0 aromatic heterocycles. The summed E-state index contributed by atoms with van der Waals surface area (Å²) < 4.78 is 0. The second-order valence-electron chi connectivity index (χ2n) is 34.4. The van der Waals surface area contributed by atoms with Crippen molar-refractivity contribution in [1.29, 1.82) is 0 Å². The van der Waals surface area contributed by atoms with Gasteiger partial charge in [-0.25, -0.2) is 0 Å². The van der Waals surface area contributed by atoms with Gasteiger partial charge in [-0.15, -0.1) is 37.9 Å². The maximum absolute atomic E-state index is 4.32. The van der Waals surface area contributed by atoms with Crippen LogP contribution in [0.2, 0.25) is 0 Å². The Morgan fingerprint density at radius 3 is 0.744 bits per heavy atom. The molecule has 0 spiro atoms. The minimum absolute atomic E-state index is 0. The first kappa shape index (κ1) is 99.7. The fourth-order valence-corrected chi connectivity index (χ4v) is 16.9. The Labute approximate surface area is 779 Å². The molecule has 0 heterocycles. The first-order valence-electron chi connectivity index (χ1n) is 43.7. The van der Waals surface area contributed by atoms with Gasteiger partial charge in [0.05, 0.1) is 0 Å². The van der Waals surface area contributed by atoms with E-state index < -0.39 is 0 Å². The summed E-state index contributed by atoms with van der Waals surface area (Å²) in [5.41, 5.74) is 18.6. The first-order valence-corrected chi connectivity index (χ1v) is 45.0. The summed E-state index contributed by atoms with van der Waals surface area (Å²) in [6.45, 7) is 29.9. The molecule has 624 valence electrons. The van der Waals surface area contributed by atoms with Crippen LogP contribution in [-0.2, 0) is 51.2 Å². The molecule has 10 atom stereocenters. The minimum Gasteiger partial charge on any atom is -0.143 e. The van der Waals surface area contributed by atoms with Crippen LogP contribution < -0.4 is 0 Å². The maximum Gasteiger partial charge on any atom is 0.0279 e. The average Bonchev–Trinajstić information content (AvgIpc) is 1.68. The predicted octanol–water partition coefficient (Wildman–Crippen LogP) is 28.2. The van der Waals surface area contributed by atoms with Crippen molar-refractivity contribution in [3.05, 3.63) is 300 Å². The molecular formula is C115H122Fe3S3. The zero-order valence-electron chi connectivity index (χ0n) is 73.5. The third-order valence-corrected chi connectivity index (χ3v) is 26.1. The summed E-state index contributed by atoms with van der Waals surface area (Å²) >= 11 is 12.9. The van der Waals surface area contributed by atoms with Gasteiger partial charge in [0, 0.05) is 167 Å². The monoisotopic (exact) mass is 1770 g/mol. The second-order valence-corrected chi connectivity index (χ2v) is 35.9. The summed E-state index contributed by atoms with van der Waals surface area (Å²) in [5.74, 6) is 69.6. The van der Waals surface area contributed by atoms with Crippen molar-refractivity contribution in [2.24, 2.45) is 76.9 Å². The summed E-state index contributed by atoms with van der Waals surface area (Å²) in [5, 5.41) is 0. The Kier molecular flexibility index (Phi) is 43.1. The molecule has 0 amide bonds. The van der Waals surface area contributed by atoms with E-state index in [0.717, 1.165) is 162 Å². The Morgan fingerprint density at radius 2 is 0.479 bits per heavy atom. The van der Waals surface area contributed by atoms with Crippen LogP contribution in [0.4, 0.5) is 0 Å². The maximum atomic E-state index is 4.32. The Balaban J connectivity index is 0.000000220. The van der Waals surface area contributed by atoms with E-state index >= 15 is 0 Å². The van der Waals surface area contributed by atoms with Gasteiger partial charge in [-0.3, -0.25) is 0 Å². The van der Waals surface area contributed by atoms with Crippen molar-refractivity contribution in [3.63, 3.8) is 0 Å². The van der Waals surface area contributed by atoms with Crippen molar-refractivity contribution in [3.8, 4) is 107 Å². The number of aryl methyl sites for hydroxylation is 3. The van der Waals surface area contributed by atoms with Gasteiger partial charge in [0.2, 0.25) is 0 Å². The van der Waals surface area contributed by atoms with E-state index in [0.29, 0.717) is 29.6 Å². The molecule has 0 bridgehead atoms. The first-order chi connectivity index (χ1) is 57.0. The summed E-state index contributed by atoms with van der Waals surface area (Å²) in [6, 6.07) is 66.9. The van der Waals surface area contributed by atoms with E-state index in [2.05, 4.69) is 332 Å². The molecule has 9 aromatic carbocycles. The van der Waals surface area contributed by atoms with E-state index in [1.165, 1.54) is 109 Å². The van der Waals surface area contributed by atoms with Crippen LogP contribution in [0.25, 0.3) is 0 Å². The fraction of sp³-hybridized carbons (Fsp3) is 0.374. The van der Waals surface area contributed by atoms with Gasteiger partial charge in [-0.2, -0.15) is 0 Å². The summed E-state index contributed by atoms with van der Waals surface area (Å²) in [4.78, 5) is 2.82. The van der Waals surface area contributed by atoms with Crippen LogP contribution in [0.1, 0.15) is 279 Å². The topological polar surface area (TPSA) is 0 Å². The number of rotatable bonds is 0. The number of thiol groups is 3. The normalized spacial score (nSPS) is 20.4. The fourth-order valence-electron chi connectivity index (χ4n) is 16.4. The van der Waals surface area contributed by atoms with Crippen molar-refractivity contribution in [1.82, 2.24) is 0 Å². The molecular weight excluding hydrogens is 1650 g/mol. The molecule has 15 rings (SSSR count). The molecule has 6 heteroatoms. The van der Waals surface area contributed by atoms with Crippen LogP contribution >= 0.6 is 37.9 Å². The average molecular weight is 1770 g/mol. The van der Waals surface area contributed by atoms with Crippen LogP contribution in [0, 0.1) is 204 Å². The van der Waals surface area contributed by atoms with E-state index in [9.17, 15) is 0 Å². The quantitative estimate of drug-likeness (QED) is 0.0752. The van der Waals surface area contributed by atoms with Gasteiger partial charge in [0.15, 0.2) is 0 Å². The number of hydrogen-bond donors (Lipinski definition) is 3. The van der Waals surface area contributed by atoms with Crippen LogP contribution in [0.5, 0.6) is 0 Å². The van der Waals surface area contributed by atoms with Gasteiger partial charge in [0.1, 0.15) is 0 Å². The van der Waals surface area contributed by atoms with E-state index in [1.807, 2.05) is 103 Å². The molecule has 6 aliphatic carbocycles. The summed E-state index contributed by atoms with van der Waals surface area (Å²) in [6.07, 6.45) is 23.8. The second kappa shape index (κ2) is 52.3. The third kappa shape index (κ3) is 33.7. The van der Waals surface area contributed by atoms with Gasteiger partial charge in [0.25, 0.3) is 0 Å². The van der Waals surface area contributed by atoms with Crippen molar-refractivity contribution >= 4 is 37.9 Å². The molecule has 10 unspecified atom stereocenters. The largest absolute Gasteiger partial charge is 0.143 e. The van der Waals surface area contributed by atoms with Gasteiger partial charge < -0.3 is 0 Å². The molecule has 6 saturated carbocycles. The Bertz CT molecular complexity index is 5360. The van der Waals surface area contributed by atoms with Crippen LogP contribution in [0.15, 0.2) is 215 Å².